The van der Waals surface area contributed by atoms with Crippen LogP contribution in [0.15, 0.2) is 48.5 Å². The lowest BCUT2D eigenvalue weighted by molar-refractivity contribution is 0.0309. The van der Waals surface area contributed by atoms with E-state index in [2.05, 4.69) is 4.72 Å². The van der Waals surface area contributed by atoms with Crippen molar-refractivity contribution in [3.05, 3.63) is 70.2 Å². The minimum atomic E-state index is -3.57. The molecule has 0 spiro atoms. The van der Waals surface area contributed by atoms with Gasteiger partial charge >= 0.3 is 0 Å². The molecule has 1 unspecified atom stereocenters. The fraction of sp³-hybridized carbons (Fsp3) is 0.333. The van der Waals surface area contributed by atoms with Crippen LogP contribution in [0.2, 0.25) is 5.02 Å². The Hall–Kier alpha value is -1.44. The largest absolute Gasteiger partial charge is 0.394 e. The SMILES string of the molecule is Cc1ccc(C(CNS(=O)(=O)Cc2ccccc2Cl)OCCO)cc1. The third-order valence-electron chi connectivity index (χ3n) is 3.65. The van der Waals surface area contributed by atoms with Crippen LogP contribution in [-0.4, -0.2) is 33.3 Å². The van der Waals surface area contributed by atoms with E-state index in [-0.39, 0.29) is 25.5 Å². The molecule has 25 heavy (non-hydrogen) atoms. The number of aryl methyl sites for hydroxylation is 1. The van der Waals surface area contributed by atoms with Crippen molar-refractivity contribution in [1.29, 1.82) is 0 Å². The van der Waals surface area contributed by atoms with Gasteiger partial charge in [0.2, 0.25) is 10.0 Å². The molecule has 0 saturated heterocycles. The molecular formula is C18H22ClNO4S. The van der Waals surface area contributed by atoms with Crippen LogP contribution >= 0.6 is 11.6 Å². The fourth-order valence-electron chi connectivity index (χ4n) is 2.32. The molecule has 136 valence electrons. The predicted molar refractivity (Wildman–Crippen MR) is 99.0 cm³/mol. The number of rotatable bonds is 9. The van der Waals surface area contributed by atoms with Gasteiger partial charge in [0, 0.05) is 11.6 Å². The summed E-state index contributed by atoms with van der Waals surface area (Å²) in [7, 11) is -3.57. The van der Waals surface area contributed by atoms with E-state index >= 15 is 0 Å². The van der Waals surface area contributed by atoms with E-state index in [1.165, 1.54) is 0 Å². The summed E-state index contributed by atoms with van der Waals surface area (Å²) in [5, 5.41) is 9.40. The molecule has 7 heteroatoms. The minimum absolute atomic E-state index is 0.0792. The van der Waals surface area contributed by atoms with E-state index in [9.17, 15) is 8.42 Å². The molecule has 0 aliphatic carbocycles. The number of benzene rings is 2. The topological polar surface area (TPSA) is 75.6 Å². The normalized spacial score (nSPS) is 12.9. The second kappa shape index (κ2) is 9.31. The molecule has 0 saturated carbocycles. The van der Waals surface area contributed by atoms with Crippen molar-refractivity contribution in [1.82, 2.24) is 4.72 Å². The summed E-state index contributed by atoms with van der Waals surface area (Å²) in [5.74, 6) is -0.201. The van der Waals surface area contributed by atoms with Crippen LogP contribution in [0, 0.1) is 6.92 Å². The van der Waals surface area contributed by atoms with Gasteiger partial charge in [0.15, 0.2) is 0 Å². The maximum Gasteiger partial charge on any atom is 0.215 e. The lowest BCUT2D eigenvalue weighted by atomic mass is 10.1. The van der Waals surface area contributed by atoms with Crippen LogP contribution in [0.4, 0.5) is 0 Å². The molecule has 2 rings (SSSR count). The summed E-state index contributed by atoms with van der Waals surface area (Å²) in [6, 6.07) is 14.5. The van der Waals surface area contributed by atoms with Gasteiger partial charge in [-0.2, -0.15) is 0 Å². The number of hydrogen-bond acceptors (Lipinski definition) is 4. The first-order valence-electron chi connectivity index (χ1n) is 7.91. The Morgan fingerprint density at radius 2 is 1.84 bits per heavy atom. The summed E-state index contributed by atoms with van der Waals surface area (Å²) < 4.78 is 32.8. The second-order valence-electron chi connectivity index (χ2n) is 5.69. The summed E-state index contributed by atoms with van der Waals surface area (Å²) in [6.45, 7) is 2.05. The molecule has 0 heterocycles. The van der Waals surface area contributed by atoms with Gasteiger partial charge in [0.1, 0.15) is 0 Å². The number of hydrogen-bond donors (Lipinski definition) is 2. The maximum absolute atomic E-state index is 12.3. The zero-order valence-corrected chi connectivity index (χ0v) is 15.6. The van der Waals surface area contributed by atoms with Gasteiger partial charge in [0.05, 0.1) is 25.1 Å². The van der Waals surface area contributed by atoms with Crippen molar-refractivity contribution >= 4 is 21.6 Å². The summed E-state index contributed by atoms with van der Waals surface area (Å²) in [4.78, 5) is 0. The summed E-state index contributed by atoms with van der Waals surface area (Å²) in [5.41, 5.74) is 2.49. The number of halogens is 1. The van der Waals surface area contributed by atoms with Crippen LogP contribution in [0.3, 0.4) is 0 Å². The zero-order valence-electron chi connectivity index (χ0n) is 14.0. The Kier molecular flexibility index (Phi) is 7.40. The maximum atomic E-state index is 12.3. The van der Waals surface area contributed by atoms with Crippen LogP contribution < -0.4 is 4.72 Å². The predicted octanol–water partition coefficient (Wildman–Crippen LogP) is 2.82. The monoisotopic (exact) mass is 383 g/mol. The van der Waals surface area contributed by atoms with Gasteiger partial charge in [-0.15, -0.1) is 0 Å². The van der Waals surface area contributed by atoms with Gasteiger partial charge in [-0.1, -0.05) is 59.6 Å². The first kappa shape index (κ1) is 19.9. The molecule has 0 amide bonds. The van der Waals surface area contributed by atoms with Crippen molar-refractivity contribution < 1.29 is 18.3 Å². The van der Waals surface area contributed by atoms with Crippen molar-refractivity contribution in [2.45, 2.75) is 18.8 Å². The van der Waals surface area contributed by atoms with Crippen molar-refractivity contribution in [3.8, 4) is 0 Å². The smallest absolute Gasteiger partial charge is 0.215 e. The zero-order chi connectivity index (χ0) is 18.3. The molecule has 2 aromatic carbocycles. The second-order valence-corrected chi connectivity index (χ2v) is 7.91. The van der Waals surface area contributed by atoms with E-state index in [0.717, 1.165) is 11.1 Å². The first-order chi connectivity index (χ1) is 11.9. The number of aliphatic hydroxyl groups is 1. The molecule has 2 N–H and O–H groups in total. The van der Waals surface area contributed by atoms with Crippen LogP contribution in [0.5, 0.6) is 0 Å². The van der Waals surface area contributed by atoms with Crippen LogP contribution in [0.1, 0.15) is 22.8 Å². The molecule has 5 nitrogen and oxygen atoms in total. The number of sulfonamides is 1. The molecule has 1 atom stereocenters. The molecule has 0 radical (unpaired) electrons. The van der Waals surface area contributed by atoms with Crippen LogP contribution in [0.25, 0.3) is 0 Å². The standard InChI is InChI=1S/C18H22ClNO4S/c1-14-6-8-15(9-7-14)18(24-11-10-21)12-20-25(22,23)13-16-4-2-3-5-17(16)19/h2-9,18,20-21H,10-13H2,1H3. The Labute approximate surface area is 153 Å². The highest BCUT2D eigenvalue weighted by atomic mass is 35.5. The highest BCUT2D eigenvalue weighted by Gasteiger charge is 2.18. The Morgan fingerprint density at radius 1 is 1.16 bits per heavy atom. The fourth-order valence-corrected chi connectivity index (χ4v) is 3.77. The van der Waals surface area contributed by atoms with Crippen molar-refractivity contribution in [2.24, 2.45) is 0 Å². The van der Waals surface area contributed by atoms with Crippen molar-refractivity contribution in [2.75, 3.05) is 19.8 Å². The highest BCUT2D eigenvalue weighted by Crippen LogP contribution is 2.20. The quantitative estimate of drug-likeness (QED) is 0.698. The lowest BCUT2D eigenvalue weighted by Gasteiger charge is -2.19. The molecular weight excluding hydrogens is 362 g/mol. The third-order valence-corrected chi connectivity index (χ3v) is 5.32. The molecule has 0 aliphatic heterocycles. The number of ether oxygens (including phenoxy) is 1. The highest BCUT2D eigenvalue weighted by molar-refractivity contribution is 7.88. The average Bonchev–Trinajstić information content (AvgIpc) is 2.58. The van der Waals surface area contributed by atoms with Gasteiger partial charge in [-0.25, -0.2) is 13.1 Å². The summed E-state index contributed by atoms with van der Waals surface area (Å²) in [6.07, 6.45) is -0.478. The molecule has 0 aliphatic rings. The van der Waals surface area contributed by atoms with E-state index in [4.69, 9.17) is 21.4 Å². The third kappa shape index (κ3) is 6.41. The Balaban J connectivity index is 2.05. The molecule has 0 bridgehead atoms. The molecule has 2 aromatic rings. The molecule has 0 aromatic heterocycles. The van der Waals surface area contributed by atoms with Gasteiger partial charge < -0.3 is 9.84 Å². The van der Waals surface area contributed by atoms with Crippen LogP contribution in [-0.2, 0) is 20.5 Å². The molecule has 0 fully saturated rings. The number of nitrogens with one attached hydrogen (secondary N) is 1. The van der Waals surface area contributed by atoms with E-state index in [1.54, 1.807) is 24.3 Å². The Bertz CT molecular complexity index is 778. The van der Waals surface area contributed by atoms with E-state index < -0.39 is 16.1 Å². The van der Waals surface area contributed by atoms with Gasteiger partial charge in [-0.05, 0) is 24.1 Å². The van der Waals surface area contributed by atoms with Gasteiger partial charge in [0.25, 0.3) is 0 Å². The van der Waals surface area contributed by atoms with E-state index in [1.807, 2.05) is 31.2 Å². The van der Waals surface area contributed by atoms with Gasteiger partial charge in [-0.3, -0.25) is 0 Å². The average molecular weight is 384 g/mol. The van der Waals surface area contributed by atoms with E-state index in [0.29, 0.717) is 10.6 Å². The first-order valence-corrected chi connectivity index (χ1v) is 9.94. The van der Waals surface area contributed by atoms with Crippen molar-refractivity contribution in [3.63, 3.8) is 0 Å². The minimum Gasteiger partial charge on any atom is -0.394 e. The summed E-state index contributed by atoms with van der Waals surface area (Å²) >= 11 is 6.03. The Morgan fingerprint density at radius 3 is 2.48 bits per heavy atom. The number of aliphatic hydroxyl groups excluding tert-OH is 1. The lowest BCUT2D eigenvalue weighted by Crippen LogP contribution is -2.31.